The van der Waals surface area contributed by atoms with Crippen molar-refractivity contribution in [3.8, 4) is 78.5 Å². The third-order valence-electron chi connectivity index (χ3n) is 10.7. The zero-order chi connectivity index (χ0) is 35.6. The van der Waals surface area contributed by atoms with E-state index in [4.69, 9.17) is 15.0 Å². The van der Waals surface area contributed by atoms with Crippen LogP contribution >= 0.6 is 0 Å². The van der Waals surface area contributed by atoms with Crippen LogP contribution in [0.5, 0.6) is 0 Å². The van der Waals surface area contributed by atoms with Crippen LogP contribution in [0.15, 0.2) is 182 Å². The Morgan fingerprint density at radius 3 is 1.65 bits per heavy atom. The average Bonchev–Trinajstić information content (AvgIpc) is 3.58. The summed E-state index contributed by atoms with van der Waals surface area (Å²) in [6.45, 7) is 0. The second kappa shape index (κ2) is 12.1. The van der Waals surface area contributed by atoms with Gasteiger partial charge in [-0.25, -0.2) is 15.0 Å². The highest BCUT2D eigenvalue weighted by Gasteiger charge is 2.22. The van der Waals surface area contributed by atoms with E-state index in [1.54, 1.807) is 0 Å². The number of hydrogen-bond donors (Lipinski definition) is 0. The standard InChI is InChI=1S/C50H30N4/c1-2-8-32(9-3-1)45-30-46(34-17-15-31(16-18-34)38-26-27-43-40-12-5-4-11-39(40)42-14-6-13-41(38)47(42)43)54-50(53-45)37-23-19-33(20-24-37)44-28-25-36-22-21-35-10-7-29-51-48(35)49(36)52-44/h1-30H. The average molecular weight is 687 g/mol. The molecule has 54 heavy (non-hydrogen) atoms. The summed E-state index contributed by atoms with van der Waals surface area (Å²) in [7, 11) is 0. The first-order valence-electron chi connectivity index (χ1n) is 18.2. The molecule has 7 aromatic carbocycles. The number of aromatic nitrogens is 4. The Bertz CT molecular complexity index is 3050. The fraction of sp³-hybridized carbons (Fsp3) is 0. The molecule has 0 amide bonds. The monoisotopic (exact) mass is 686 g/mol. The number of fused-ring (bicyclic) bond motifs is 6. The van der Waals surface area contributed by atoms with E-state index < -0.39 is 0 Å². The van der Waals surface area contributed by atoms with Gasteiger partial charge in [0.2, 0.25) is 0 Å². The minimum atomic E-state index is 0.677. The van der Waals surface area contributed by atoms with Crippen molar-refractivity contribution in [2.45, 2.75) is 0 Å². The molecule has 0 unspecified atom stereocenters. The van der Waals surface area contributed by atoms with E-state index in [2.05, 4.69) is 157 Å². The van der Waals surface area contributed by atoms with Gasteiger partial charge in [-0.15, -0.1) is 0 Å². The summed E-state index contributed by atoms with van der Waals surface area (Å²) in [6, 6.07) is 62.0. The number of pyridine rings is 2. The van der Waals surface area contributed by atoms with Crippen molar-refractivity contribution >= 4 is 32.6 Å². The molecule has 4 nitrogen and oxygen atoms in total. The highest BCUT2D eigenvalue weighted by molar-refractivity contribution is 6.18. The van der Waals surface area contributed by atoms with Crippen LogP contribution in [0.4, 0.5) is 0 Å². The summed E-state index contributed by atoms with van der Waals surface area (Å²) in [5.41, 5.74) is 16.2. The molecule has 250 valence electrons. The second-order valence-electron chi connectivity index (χ2n) is 13.8. The lowest BCUT2D eigenvalue weighted by Crippen LogP contribution is -1.96. The zero-order valence-corrected chi connectivity index (χ0v) is 29.1. The third kappa shape index (κ3) is 4.92. The first-order valence-corrected chi connectivity index (χ1v) is 18.2. The lowest BCUT2D eigenvalue weighted by atomic mass is 9.93. The number of hydrogen-bond acceptors (Lipinski definition) is 4. The molecule has 10 aromatic rings. The van der Waals surface area contributed by atoms with E-state index >= 15 is 0 Å². The van der Waals surface area contributed by atoms with Gasteiger partial charge in [0.05, 0.1) is 28.1 Å². The first kappa shape index (κ1) is 30.3. The van der Waals surface area contributed by atoms with Gasteiger partial charge in [-0.1, -0.05) is 158 Å². The van der Waals surface area contributed by atoms with Crippen LogP contribution in [0.1, 0.15) is 0 Å². The maximum absolute atomic E-state index is 5.15. The van der Waals surface area contributed by atoms with Gasteiger partial charge >= 0.3 is 0 Å². The predicted molar refractivity (Wildman–Crippen MR) is 222 cm³/mol. The van der Waals surface area contributed by atoms with Gasteiger partial charge in [-0.3, -0.25) is 4.98 Å². The molecule has 0 radical (unpaired) electrons. The molecule has 0 spiro atoms. The molecule has 0 fully saturated rings. The molecule has 0 saturated carbocycles. The van der Waals surface area contributed by atoms with Crippen LogP contribution in [0.2, 0.25) is 0 Å². The Balaban J connectivity index is 0.966. The molecule has 3 aromatic heterocycles. The van der Waals surface area contributed by atoms with Crippen molar-refractivity contribution in [2.24, 2.45) is 0 Å². The minimum Gasteiger partial charge on any atom is -0.254 e. The molecule has 3 heterocycles. The van der Waals surface area contributed by atoms with Crippen LogP contribution in [0.3, 0.4) is 0 Å². The van der Waals surface area contributed by atoms with Gasteiger partial charge in [0, 0.05) is 39.2 Å². The molecule has 0 N–H and O–H groups in total. The van der Waals surface area contributed by atoms with Crippen LogP contribution in [0.25, 0.3) is 111 Å². The van der Waals surface area contributed by atoms with Crippen molar-refractivity contribution in [1.29, 1.82) is 0 Å². The Morgan fingerprint density at radius 1 is 0.315 bits per heavy atom. The topological polar surface area (TPSA) is 51.6 Å². The smallest absolute Gasteiger partial charge is 0.160 e. The maximum atomic E-state index is 5.15. The van der Waals surface area contributed by atoms with Gasteiger partial charge in [0.15, 0.2) is 5.82 Å². The van der Waals surface area contributed by atoms with E-state index in [0.717, 1.165) is 61.1 Å². The zero-order valence-electron chi connectivity index (χ0n) is 29.1. The Kier molecular flexibility index (Phi) is 6.82. The van der Waals surface area contributed by atoms with E-state index in [1.807, 2.05) is 30.5 Å². The summed E-state index contributed by atoms with van der Waals surface area (Å²) in [5.74, 6) is 0.677. The number of benzene rings is 7. The normalized spacial score (nSPS) is 11.7. The maximum Gasteiger partial charge on any atom is 0.160 e. The largest absolute Gasteiger partial charge is 0.254 e. The van der Waals surface area contributed by atoms with E-state index in [1.165, 1.54) is 44.2 Å². The van der Waals surface area contributed by atoms with E-state index in [0.29, 0.717) is 5.82 Å². The Morgan fingerprint density at radius 2 is 0.889 bits per heavy atom. The highest BCUT2D eigenvalue weighted by Crippen LogP contribution is 2.49. The van der Waals surface area contributed by atoms with Crippen molar-refractivity contribution in [3.63, 3.8) is 0 Å². The number of nitrogens with zero attached hydrogens (tertiary/aromatic N) is 4. The molecule has 0 bridgehead atoms. The molecule has 0 aliphatic heterocycles. The van der Waals surface area contributed by atoms with E-state index in [-0.39, 0.29) is 0 Å². The van der Waals surface area contributed by atoms with Crippen LogP contribution in [-0.4, -0.2) is 19.9 Å². The molecule has 1 aliphatic carbocycles. The van der Waals surface area contributed by atoms with Crippen molar-refractivity contribution < 1.29 is 0 Å². The van der Waals surface area contributed by atoms with Crippen LogP contribution in [0, 0.1) is 0 Å². The second-order valence-corrected chi connectivity index (χ2v) is 13.8. The lowest BCUT2D eigenvalue weighted by molar-refractivity contribution is 1.18. The highest BCUT2D eigenvalue weighted by atomic mass is 14.9. The van der Waals surface area contributed by atoms with Crippen LogP contribution in [-0.2, 0) is 0 Å². The van der Waals surface area contributed by atoms with Crippen molar-refractivity contribution in [1.82, 2.24) is 19.9 Å². The molecule has 0 atom stereocenters. The van der Waals surface area contributed by atoms with Crippen molar-refractivity contribution in [3.05, 3.63) is 182 Å². The first-order chi connectivity index (χ1) is 26.7. The molecule has 11 rings (SSSR count). The Hall–Kier alpha value is -7.30. The summed E-state index contributed by atoms with van der Waals surface area (Å²) >= 11 is 0. The summed E-state index contributed by atoms with van der Waals surface area (Å²) < 4.78 is 0. The SMILES string of the molecule is c1ccc(-c2cc(-c3ccc(-c4ccc5c6c(cccc46)-c4ccccc4-5)cc3)nc(-c3ccc(-c4ccc5ccc6cccnc6c5n4)cc3)n2)cc1. The quantitative estimate of drug-likeness (QED) is 0.169. The number of rotatable bonds is 5. The van der Waals surface area contributed by atoms with E-state index in [9.17, 15) is 0 Å². The van der Waals surface area contributed by atoms with Crippen LogP contribution < -0.4 is 0 Å². The van der Waals surface area contributed by atoms with Gasteiger partial charge < -0.3 is 0 Å². The summed E-state index contributed by atoms with van der Waals surface area (Å²) in [5, 5.41) is 4.76. The minimum absolute atomic E-state index is 0.677. The fourth-order valence-electron chi connectivity index (χ4n) is 8.04. The lowest BCUT2D eigenvalue weighted by Gasteiger charge is -2.12. The Labute approximate surface area is 312 Å². The van der Waals surface area contributed by atoms with Gasteiger partial charge in [-0.05, 0) is 62.4 Å². The summed E-state index contributed by atoms with van der Waals surface area (Å²) in [6.07, 6.45) is 1.82. The predicted octanol–water partition coefficient (Wildman–Crippen LogP) is 12.7. The molecule has 0 saturated heterocycles. The molecule has 4 heteroatoms. The van der Waals surface area contributed by atoms with Crippen molar-refractivity contribution in [2.75, 3.05) is 0 Å². The molecule has 1 aliphatic rings. The fourth-order valence-corrected chi connectivity index (χ4v) is 8.04. The van der Waals surface area contributed by atoms with Gasteiger partial charge in [-0.2, -0.15) is 0 Å². The molecular weight excluding hydrogens is 657 g/mol. The van der Waals surface area contributed by atoms with Gasteiger partial charge in [0.1, 0.15) is 0 Å². The summed E-state index contributed by atoms with van der Waals surface area (Å²) in [4.78, 5) is 19.9. The third-order valence-corrected chi connectivity index (χ3v) is 10.7. The molecular formula is C50H30N4. The van der Waals surface area contributed by atoms with Gasteiger partial charge in [0.25, 0.3) is 0 Å².